The van der Waals surface area contributed by atoms with Crippen LogP contribution in [0.25, 0.3) is 0 Å². The van der Waals surface area contributed by atoms with Crippen LogP contribution in [0, 0.1) is 4.77 Å². The molecule has 0 amide bonds. The minimum absolute atomic E-state index is 0.156. The van der Waals surface area contributed by atoms with Gasteiger partial charge < -0.3 is 4.74 Å². The molecule has 1 N–H and O–H groups in total. The first-order valence-electron chi connectivity index (χ1n) is 8.34. The Labute approximate surface area is 142 Å². The van der Waals surface area contributed by atoms with Crippen molar-refractivity contribution in [2.45, 2.75) is 64.5 Å². The maximum absolute atomic E-state index is 5.92. The van der Waals surface area contributed by atoms with E-state index in [1.165, 1.54) is 31.2 Å². The van der Waals surface area contributed by atoms with Crippen LogP contribution in [0.15, 0.2) is 24.3 Å². The van der Waals surface area contributed by atoms with Crippen LogP contribution >= 0.6 is 12.2 Å². The smallest absolute Gasteiger partial charge is 0.195 e. The summed E-state index contributed by atoms with van der Waals surface area (Å²) in [5, 5.41) is 7.27. The van der Waals surface area contributed by atoms with Crippen molar-refractivity contribution in [2.75, 3.05) is 0 Å². The van der Waals surface area contributed by atoms with Gasteiger partial charge in [-0.2, -0.15) is 5.10 Å². The fourth-order valence-corrected chi connectivity index (χ4v) is 3.48. The number of hydrogen-bond acceptors (Lipinski definition) is 3. The molecule has 0 saturated heterocycles. The predicted octanol–water partition coefficient (Wildman–Crippen LogP) is 4.93. The first kappa shape index (κ1) is 16.2. The lowest BCUT2D eigenvalue weighted by Crippen LogP contribution is -2.12. The molecule has 0 unspecified atom stereocenters. The highest BCUT2D eigenvalue weighted by molar-refractivity contribution is 7.71. The number of H-pyrrole nitrogens is 1. The molecule has 5 heteroatoms. The van der Waals surface area contributed by atoms with Gasteiger partial charge in [-0.1, -0.05) is 45.7 Å². The van der Waals surface area contributed by atoms with Gasteiger partial charge in [0.1, 0.15) is 12.4 Å². The first-order chi connectivity index (χ1) is 10.9. The summed E-state index contributed by atoms with van der Waals surface area (Å²) in [5.41, 5.74) is 1.46. The van der Waals surface area contributed by atoms with Crippen molar-refractivity contribution >= 4 is 12.2 Å². The number of aromatic amines is 1. The molecule has 124 valence electrons. The zero-order chi connectivity index (χ0) is 16.4. The monoisotopic (exact) mass is 331 g/mol. The Morgan fingerprint density at radius 2 is 1.87 bits per heavy atom. The van der Waals surface area contributed by atoms with Gasteiger partial charge in [0.2, 0.25) is 0 Å². The van der Waals surface area contributed by atoms with Crippen LogP contribution < -0.4 is 4.74 Å². The number of aromatic nitrogens is 3. The maximum atomic E-state index is 5.92. The molecule has 0 atom stereocenters. The largest absolute Gasteiger partial charge is 0.486 e. The van der Waals surface area contributed by atoms with Gasteiger partial charge in [-0.25, -0.2) is 0 Å². The zero-order valence-corrected chi connectivity index (χ0v) is 14.9. The predicted molar refractivity (Wildman–Crippen MR) is 94.4 cm³/mol. The van der Waals surface area contributed by atoms with Gasteiger partial charge in [0.15, 0.2) is 10.6 Å². The number of benzene rings is 1. The van der Waals surface area contributed by atoms with Crippen LogP contribution in [0.1, 0.15) is 63.9 Å². The van der Waals surface area contributed by atoms with Gasteiger partial charge in [-0.15, -0.1) is 0 Å². The highest BCUT2D eigenvalue weighted by atomic mass is 32.1. The summed E-state index contributed by atoms with van der Waals surface area (Å²) in [7, 11) is 0. The van der Waals surface area contributed by atoms with Crippen LogP contribution in [0.2, 0.25) is 0 Å². The van der Waals surface area contributed by atoms with Crippen molar-refractivity contribution in [1.29, 1.82) is 0 Å². The number of hydrogen-bond donors (Lipinski definition) is 1. The van der Waals surface area contributed by atoms with Crippen molar-refractivity contribution in [3.63, 3.8) is 0 Å². The van der Waals surface area contributed by atoms with E-state index in [0.717, 1.165) is 11.6 Å². The Hall–Kier alpha value is -1.62. The van der Waals surface area contributed by atoms with E-state index in [0.29, 0.717) is 17.4 Å². The van der Waals surface area contributed by atoms with Gasteiger partial charge in [0, 0.05) is 6.04 Å². The molecule has 1 aliphatic carbocycles. The van der Waals surface area contributed by atoms with Crippen molar-refractivity contribution in [3.8, 4) is 5.75 Å². The molecule has 1 fully saturated rings. The summed E-state index contributed by atoms with van der Waals surface area (Å²) < 4.78 is 8.78. The van der Waals surface area contributed by atoms with Gasteiger partial charge >= 0.3 is 0 Å². The average Bonchev–Trinajstić information content (AvgIpc) is 3.14. The Kier molecular flexibility index (Phi) is 4.57. The topological polar surface area (TPSA) is 42.8 Å². The third kappa shape index (κ3) is 3.66. The van der Waals surface area contributed by atoms with Crippen LogP contribution in [0.5, 0.6) is 5.75 Å². The second kappa shape index (κ2) is 6.48. The summed E-state index contributed by atoms with van der Waals surface area (Å²) in [6, 6.07) is 8.79. The summed E-state index contributed by atoms with van der Waals surface area (Å²) in [6.45, 7) is 7.07. The number of rotatable bonds is 4. The van der Waals surface area contributed by atoms with Gasteiger partial charge in [-0.3, -0.25) is 9.67 Å². The van der Waals surface area contributed by atoms with Gasteiger partial charge in [0.25, 0.3) is 0 Å². The maximum Gasteiger partial charge on any atom is 0.195 e. The highest BCUT2D eigenvalue weighted by Gasteiger charge is 2.21. The first-order valence-corrected chi connectivity index (χ1v) is 8.75. The fourth-order valence-electron chi connectivity index (χ4n) is 3.18. The van der Waals surface area contributed by atoms with E-state index in [1.54, 1.807) is 0 Å². The minimum Gasteiger partial charge on any atom is -0.486 e. The van der Waals surface area contributed by atoms with Gasteiger partial charge in [-0.05, 0) is 48.2 Å². The highest BCUT2D eigenvalue weighted by Crippen LogP contribution is 2.31. The average molecular weight is 331 g/mol. The third-order valence-corrected chi connectivity index (χ3v) is 4.84. The van der Waals surface area contributed by atoms with E-state index in [9.17, 15) is 0 Å². The molecule has 23 heavy (non-hydrogen) atoms. The molecule has 0 aliphatic heterocycles. The Balaban J connectivity index is 1.70. The van der Waals surface area contributed by atoms with E-state index < -0.39 is 0 Å². The van der Waals surface area contributed by atoms with E-state index >= 15 is 0 Å². The summed E-state index contributed by atoms with van der Waals surface area (Å²) in [6.07, 6.45) is 4.90. The molecule has 2 aromatic rings. The molecule has 1 saturated carbocycles. The normalized spacial score (nSPS) is 16.0. The summed E-state index contributed by atoms with van der Waals surface area (Å²) in [5.74, 6) is 1.76. The quantitative estimate of drug-likeness (QED) is 0.808. The molecule has 3 rings (SSSR count). The third-order valence-electron chi connectivity index (χ3n) is 4.56. The zero-order valence-electron chi connectivity index (χ0n) is 14.1. The minimum atomic E-state index is 0.156. The lowest BCUT2D eigenvalue weighted by Gasteiger charge is -2.19. The molecule has 1 heterocycles. The molecule has 1 aliphatic rings. The van der Waals surface area contributed by atoms with E-state index in [2.05, 4.69) is 47.7 Å². The van der Waals surface area contributed by atoms with Crippen LogP contribution in [0.4, 0.5) is 0 Å². The van der Waals surface area contributed by atoms with Crippen molar-refractivity contribution in [2.24, 2.45) is 0 Å². The van der Waals surface area contributed by atoms with Crippen molar-refractivity contribution in [1.82, 2.24) is 14.8 Å². The molecular weight excluding hydrogens is 306 g/mol. The Morgan fingerprint density at radius 3 is 2.48 bits per heavy atom. The lowest BCUT2D eigenvalue weighted by atomic mass is 9.87. The molecule has 0 radical (unpaired) electrons. The molecule has 4 nitrogen and oxygen atoms in total. The number of nitrogens with zero attached hydrogens (tertiary/aromatic N) is 2. The molecule has 1 aromatic heterocycles. The second-order valence-corrected chi connectivity index (χ2v) is 7.70. The molecule has 0 spiro atoms. The van der Waals surface area contributed by atoms with E-state index in [1.807, 2.05) is 12.1 Å². The molecule has 1 aromatic carbocycles. The SMILES string of the molecule is CC(C)(C)c1ccc(OCc2n[nH]c(=S)n2C2CCCC2)cc1. The van der Waals surface area contributed by atoms with Gasteiger partial charge in [0.05, 0.1) is 0 Å². The molecular formula is C18H25N3OS. The van der Waals surface area contributed by atoms with E-state index in [4.69, 9.17) is 17.0 Å². The van der Waals surface area contributed by atoms with Crippen molar-refractivity contribution in [3.05, 3.63) is 40.4 Å². The summed E-state index contributed by atoms with van der Waals surface area (Å²) >= 11 is 5.39. The van der Waals surface area contributed by atoms with Crippen LogP contribution in [-0.2, 0) is 12.0 Å². The number of ether oxygens (including phenoxy) is 1. The van der Waals surface area contributed by atoms with E-state index in [-0.39, 0.29) is 5.41 Å². The Morgan fingerprint density at radius 1 is 1.22 bits per heavy atom. The number of nitrogens with one attached hydrogen (secondary N) is 1. The Bertz CT molecular complexity index is 703. The summed E-state index contributed by atoms with van der Waals surface area (Å²) in [4.78, 5) is 0. The molecule has 0 bridgehead atoms. The lowest BCUT2D eigenvalue weighted by molar-refractivity contribution is 0.283. The van der Waals surface area contributed by atoms with Crippen molar-refractivity contribution < 1.29 is 4.74 Å². The standard InChI is InChI=1S/C18H25N3OS/c1-18(2,3)13-8-10-15(11-9-13)22-12-16-19-20-17(23)21(16)14-6-4-5-7-14/h8-11,14H,4-7,12H2,1-3H3,(H,20,23). The second-order valence-electron chi connectivity index (χ2n) is 7.32. The van der Waals surface area contributed by atoms with Crippen LogP contribution in [-0.4, -0.2) is 14.8 Å². The van der Waals surface area contributed by atoms with Crippen LogP contribution in [0.3, 0.4) is 0 Å². The fraction of sp³-hybridized carbons (Fsp3) is 0.556.